The second-order valence-electron chi connectivity index (χ2n) is 6.89. The van der Waals surface area contributed by atoms with Gasteiger partial charge in [0.2, 0.25) is 11.8 Å². The van der Waals surface area contributed by atoms with Crippen molar-refractivity contribution in [1.29, 1.82) is 0 Å². The second kappa shape index (κ2) is 9.85. The number of rotatable bonds is 8. The number of amides is 2. The molecular weight excluding hydrogens is 340 g/mol. The van der Waals surface area contributed by atoms with Gasteiger partial charge in [-0.1, -0.05) is 37.3 Å². The van der Waals surface area contributed by atoms with E-state index >= 15 is 0 Å². The van der Waals surface area contributed by atoms with Crippen LogP contribution in [0.1, 0.15) is 24.9 Å². The monoisotopic (exact) mass is 368 g/mol. The minimum atomic E-state index is -0.377. The molecule has 4 N–H and O–H groups in total. The molecule has 27 heavy (non-hydrogen) atoms. The predicted octanol–water partition coefficient (Wildman–Crippen LogP) is 2.85. The van der Waals surface area contributed by atoms with E-state index in [9.17, 15) is 9.59 Å². The van der Waals surface area contributed by atoms with Crippen LogP contribution >= 0.6 is 0 Å². The van der Waals surface area contributed by atoms with E-state index in [0.717, 1.165) is 5.56 Å². The molecule has 0 saturated carbocycles. The first-order valence-electron chi connectivity index (χ1n) is 9.03. The van der Waals surface area contributed by atoms with Crippen molar-refractivity contribution in [3.63, 3.8) is 0 Å². The molecule has 2 amide bonds. The number of hydrogen-bond donors (Lipinski definition) is 3. The highest BCUT2D eigenvalue weighted by molar-refractivity contribution is 5.94. The normalized spacial score (nSPS) is 13.1. The predicted molar refractivity (Wildman–Crippen MR) is 109 cm³/mol. The highest BCUT2D eigenvalue weighted by Gasteiger charge is 2.22. The number of carbonyl (C=O) groups is 2. The Balaban J connectivity index is 1.89. The fourth-order valence-corrected chi connectivity index (χ4v) is 2.57. The Morgan fingerprint density at radius 2 is 1.52 bits per heavy atom. The molecular formula is C21H28N4O2. The quantitative estimate of drug-likeness (QED) is 0.669. The summed E-state index contributed by atoms with van der Waals surface area (Å²) in [7, 11) is 3.85. The second-order valence-corrected chi connectivity index (χ2v) is 6.89. The van der Waals surface area contributed by atoms with Crippen LogP contribution in [-0.4, -0.2) is 37.4 Å². The van der Waals surface area contributed by atoms with Crippen molar-refractivity contribution in [3.8, 4) is 0 Å². The first-order valence-corrected chi connectivity index (χ1v) is 9.03. The maximum absolute atomic E-state index is 12.5. The number of nitrogens with one attached hydrogen (secondary N) is 2. The lowest BCUT2D eigenvalue weighted by Gasteiger charge is -2.20. The van der Waals surface area contributed by atoms with E-state index in [4.69, 9.17) is 5.73 Å². The van der Waals surface area contributed by atoms with Gasteiger partial charge in [-0.15, -0.1) is 0 Å². The molecule has 2 aromatic rings. The molecule has 2 unspecified atom stereocenters. The van der Waals surface area contributed by atoms with Gasteiger partial charge >= 0.3 is 0 Å². The highest BCUT2D eigenvalue weighted by atomic mass is 16.2. The molecule has 6 nitrogen and oxygen atoms in total. The molecule has 0 radical (unpaired) electrons. The van der Waals surface area contributed by atoms with E-state index in [1.807, 2.05) is 56.3 Å². The largest absolute Gasteiger partial charge is 0.326 e. The van der Waals surface area contributed by atoms with Crippen LogP contribution in [0.5, 0.6) is 0 Å². The molecule has 0 spiro atoms. The summed E-state index contributed by atoms with van der Waals surface area (Å²) in [5, 5.41) is 5.72. The van der Waals surface area contributed by atoms with Crippen molar-refractivity contribution in [3.05, 3.63) is 60.2 Å². The van der Waals surface area contributed by atoms with Crippen LogP contribution in [0.15, 0.2) is 54.6 Å². The van der Waals surface area contributed by atoms with E-state index in [0.29, 0.717) is 24.3 Å². The van der Waals surface area contributed by atoms with Gasteiger partial charge in [0.25, 0.3) is 0 Å². The lowest BCUT2D eigenvalue weighted by atomic mass is 9.94. The lowest BCUT2D eigenvalue weighted by molar-refractivity contribution is -0.120. The third-order valence-electron chi connectivity index (χ3n) is 4.36. The molecule has 2 aromatic carbocycles. The Kier molecular flexibility index (Phi) is 7.52. The fraction of sp³-hybridized carbons (Fsp3) is 0.333. The van der Waals surface area contributed by atoms with Gasteiger partial charge < -0.3 is 21.3 Å². The number of hydrogen-bond acceptors (Lipinski definition) is 4. The van der Waals surface area contributed by atoms with Crippen LogP contribution in [0.3, 0.4) is 0 Å². The number of nitrogens with zero attached hydrogens (tertiary/aromatic N) is 1. The third kappa shape index (κ3) is 6.51. The minimum absolute atomic E-state index is 0.0389. The number of carbonyl (C=O) groups excluding carboxylic acids is 2. The SMILES string of the molecule is CC(C(=O)Nc1ccc(NC(=O)CCN(C)C)cc1)C(N)c1ccccc1. The van der Waals surface area contributed by atoms with Crippen LogP contribution in [0.25, 0.3) is 0 Å². The van der Waals surface area contributed by atoms with Gasteiger partial charge in [0.05, 0.1) is 5.92 Å². The zero-order valence-electron chi connectivity index (χ0n) is 16.1. The smallest absolute Gasteiger partial charge is 0.229 e. The average molecular weight is 368 g/mol. The van der Waals surface area contributed by atoms with E-state index in [1.165, 1.54) is 0 Å². The summed E-state index contributed by atoms with van der Waals surface area (Å²) in [6.07, 6.45) is 0.431. The summed E-state index contributed by atoms with van der Waals surface area (Å²) in [5.74, 6) is -0.560. The molecule has 0 bridgehead atoms. The Bertz CT molecular complexity index is 745. The van der Waals surface area contributed by atoms with Crippen molar-refractivity contribution in [2.45, 2.75) is 19.4 Å². The maximum atomic E-state index is 12.5. The summed E-state index contributed by atoms with van der Waals surface area (Å²) in [4.78, 5) is 26.3. The summed E-state index contributed by atoms with van der Waals surface area (Å²) in [6, 6.07) is 16.3. The van der Waals surface area contributed by atoms with Crippen molar-refractivity contribution in [2.75, 3.05) is 31.3 Å². The molecule has 0 saturated heterocycles. The van der Waals surface area contributed by atoms with E-state index < -0.39 is 0 Å². The average Bonchev–Trinajstić information content (AvgIpc) is 2.67. The topological polar surface area (TPSA) is 87.5 Å². The minimum Gasteiger partial charge on any atom is -0.326 e. The van der Waals surface area contributed by atoms with Crippen molar-refractivity contribution >= 4 is 23.2 Å². The van der Waals surface area contributed by atoms with Crippen molar-refractivity contribution in [1.82, 2.24) is 4.90 Å². The van der Waals surface area contributed by atoms with Crippen LogP contribution in [-0.2, 0) is 9.59 Å². The van der Waals surface area contributed by atoms with Crippen LogP contribution in [0.2, 0.25) is 0 Å². The lowest BCUT2D eigenvalue weighted by Crippen LogP contribution is -2.30. The van der Waals surface area contributed by atoms with Crippen molar-refractivity contribution < 1.29 is 9.59 Å². The zero-order valence-corrected chi connectivity index (χ0v) is 16.1. The standard InChI is InChI=1S/C21H28N4O2/c1-15(20(22)16-7-5-4-6-8-16)21(27)24-18-11-9-17(10-12-18)23-19(26)13-14-25(2)3/h4-12,15,20H,13-14,22H2,1-3H3,(H,23,26)(H,24,27). The van der Waals surface area contributed by atoms with Crippen LogP contribution in [0, 0.1) is 5.92 Å². The molecule has 0 heterocycles. The molecule has 0 aliphatic rings. The first-order chi connectivity index (χ1) is 12.9. The molecule has 144 valence electrons. The van der Waals surface area contributed by atoms with Gasteiger partial charge in [-0.05, 0) is 43.9 Å². The molecule has 2 atom stereocenters. The van der Waals surface area contributed by atoms with E-state index in [-0.39, 0.29) is 23.8 Å². The fourth-order valence-electron chi connectivity index (χ4n) is 2.57. The Hall–Kier alpha value is -2.70. The molecule has 0 fully saturated rings. The Morgan fingerprint density at radius 3 is 2.07 bits per heavy atom. The third-order valence-corrected chi connectivity index (χ3v) is 4.36. The van der Waals surface area contributed by atoms with Gasteiger partial charge in [-0.2, -0.15) is 0 Å². The molecule has 0 aliphatic carbocycles. The number of anilines is 2. The summed E-state index contributed by atoms with van der Waals surface area (Å²) in [5.41, 5.74) is 8.50. The molecule has 6 heteroatoms. The molecule has 0 aliphatic heterocycles. The van der Waals surface area contributed by atoms with Crippen LogP contribution < -0.4 is 16.4 Å². The number of nitrogens with two attached hydrogens (primary N) is 1. The summed E-state index contributed by atoms with van der Waals surface area (Å²) < 4.78 is 0. The van der Waals surface area contributed by atoms with Gasteiger partial charge in [-0.3, -0.25) is 9.59 Å². The Morgan fingerprint density at radius 1 is 0.963 bits per heavy atom. The maximum Gasteiger partial charge on any atom is 0.229 e. The molecule has 0 aromatic heterocycles. The number of benzene rings is 2. The van der Waals surface area contributed by atoms with Crippen molar-refractivity contribution in [2.24, 2.45) is 11.7 Å². The van der Waals surface area contributed by atoms with Gasteiger partial charge in [0.1, 0.15) is 0 Å². The van der Waals surface area contributed by atoms with Gasteiger partial charge in [0, 0.05) is 30.4 Å². The van der Waals surface area contributed by atoms with Crippen LogP contribution in [0.4, 0.5) is 11.4 Å². The van der Waals surface area contributed by atoms with E-state index in [2.05, 4.69) is 10.6 Å². The molecule has 2 rings (SSSR count). The summed E-state index contributed by atoms with van der Waals surface area (Å²) >= 11 is 0. The van der Waals surface area contributed by atoms with E-state index in [1.54, 1.807) is 24.3 Å². The van der Waals surface area contributed by atoms with Gasteiger partial charge in [0.15, 0.2) is 0 Å². The summed E-state index contributed by atoms with van der Waals surface area (Å²) in [6.45, 7) is 2.51. The first kappa shape index (κ1) is 20.6. The zero-order chi connectivity index (χ0) is 19.8. The highest BCUT2D eigenvalue weighted by Crippen LogP contribution is 2.21. The van der Waals surface area contributed by atoms with Gasteiger partial charge in [-0.25, -0.2) is 0 Å². The Labute approximate surface area is 160 Å².